The minimum atomic E-state index is 0.939. The Kier molecular flexibility index (Phi) is 23.9. The smallest absolute Gasteiger partial charge is 0.0665 e. The Labute approximate surface area is 284 Å². The van der Waals surface area contributed by atoms with Gasteiger partial charge >= 0.3 is 0 Å². The number of hydrogen-bond acceptors (Lipinski definition) is 2. The zero-order chi connectivity index (χ0) is 32.8. The Morgan fingerprint density at radius 3 is 1.48 bits per heavy atom. The zero-order valence-electron chi connectivity index (χ0n) is 29.9. The number of hydrogen-bond donors (Lipinski definition) is 0. The Hall–Kier alpha value is -3.10. The third-order valence-electron chi connectivity index (χ3n) is 8.44. The molecule has 0 atom stereocenters. The zero-order valence-corrected chi connectivity index (χ0v) is 29.9. The summed E-state index contributed by atoms with van der Waals surface area (Å²) in [6.07, 6.45) is 29.3. The van der Waals surface area contributed by atoms with Crippen molar-refractivity contribution in [1.29, 1.82) is 0 Å². The van der Waals surface area contributed by atoms with Crippen LogP contribution in [0.25, 0.3) is 0 Å². The van der Waals surface area contributed by atoms with Crippen LogP contribution in [-0.4, -0.2) is 11.9 Å². The van der Waals surface area contributed by atoms with E-state index in [1.54, 1.807) is 0 Å². The minimum absolute atomic E-state index is 0.939. The molecule has 2 aromatic carbocycles. The summed E-state index contributed by atoms with van der Waals surface area (Å²) >= 11 is 0. The number of rotatable bonds is 24. The third-order valence-corrected chi connectivity index (χ3v) is 8.44. The number of para-hydroxylation sites is 2. The van der Waals surface area contributed by atoms with Crippen molar-refractivity contribution in [1.82, 2.24) is 0 Å². The van der Waals surface area contributed by atoms with Crippen LogP contribution in [0, 0.1) is 23.7 Å². The molecule has 0 bridgehead atoms. The number of aryl methyl sites for hydroxylation is 2. The number of aliphatic imine (C=N–C) groups is 2. The van der Waals surface area contributed by atoms with Gasteiger partial charge in [0.2, 0.25) is 0 Å². The molecule has 0 spiro atoms. The van der Waals surface area contributed by atoms with E-state index >= 15 is 0 Å². The molecule has 0 aliphatic carbocycles. The second-order valence-corrected chi connectivity index (χ2v) is 12.7. The number of unbranched alkanes of at least 4 members (excludes halogenated alkanes) is 15. The summed E-state index contributed by atoms with van der Waals surface area (Å²) in [6, 6.07) is 17.2. The van der Waals surface area contributed by atoms with Crippen molar-refractivity contribution < 1.29 is 0 Å². The lowest BCUT2D eigenvalue weighted by Gasteiger charge is -2.08. The molecule has 0 aliphatic rings. The van der Waals surface area contributed by atoms with Crippen LogP contribution in [0.15, 0.2) is 58.5 Å². The first-order valence-electron chi connectivity index (χ1n) is 19.0. The fourth-order valence-electron chi connectivity index (χ4n) is 5.56. The summed E-state index contributed by atoms with van der Waals surface area (Å²) in [5.74, 6) is 13.6. The van der Waals surface area contributed by atoms with Gasteiger partial charge in [-0.05, 0) is 74.6 Å². The molecule has 0 unspecified atom stereocenters. The molecule has 0 heterocycles. The van der Waals surface area contributed by atoms with Gasteiger partial charge in [0.15, 0.2) is 0 Å². The predicted octanol–water partition coefficient (Wildman–Crippen LogP) is 13.5. The lowest BCUT2D eigenvalue weighted by Crippen LogP contribution is -2.00. The molecule has 0 aromatic heterocycles. The first-order chi connectivity index (χ1) is 22.8. The Balaban J connectivity index is 1.91. The van der Waals surface area contributed by atoms with Crippen LogP contribution >= 0.6 is 0 Å². The van der Waals surface area contributed by atoms with Crippen LogP contribution in [0.5, 0.6) is 0 Å². The molecule has 2 nitrogen and oxygen atoms in total. The highest BCUT2D eigenvalue weighted by atomic mass is 14.8. The van der Waals surface area contributed by atoms with E-state index in [9.17, 15) is 0 Å². The van der Waals surface area contributed by atoms with Gasteiger partial charge in [-0.2, -0.15) is 0 Å². The quantitative estimate of drug-likeness (QED) is 0.0633. The molecule has 2 aromatic rings. The van der Waals surface area contributed by atoms with Crippen molar-refractivity contribution >= 4 is 23.3 Å². The molecule has 0 N–H and O–H groups in total. The van der Waals surface area contributed by atoms with Gasteiger partial charge in [-0.25, -0.2) is 0 Å². The van der Waals surface area contributed by atoms with Crippen LogP contribution in [0.2, 0.25) is 0 Å². The first-order valence-corrected chi connectivity index (χ1v) is 19.0. The molecule has 0 saturated heterocycles. The molecule has 0 amide bonds. The summed E-state index contributed by atoms with van der Waals surface area (Å²) in [5.41, 5.74) is 5.79. The highest BCUT2D eigenvalue weighted by molar-refractivity contribution is 6.31. The van der Waals surface area contributed by atoms with Crippen molar-refractivity contribution in [2.24, 2.45) is 9.98 Å². The van der Waals surface area contributed by atoms with Gasteiger partial charge in [0, 0.05) is 31.9 Å². The fourth-order valence-corrected chi connectivity index (χ4v) is 5.56. The summed E-state index contributed by atoms with van der Waals surface area (Å²) < 4.78 is 0. The van der Waals surface area contributed by atoms with Crippen molar-refractivity contribution in [3.63, 3.8) is 0 Å². The molecule has 0 radical (unpaired) electrons. The monoisotopic (exact) mass is 621 g/mol. The molecular formula is C44H64N2. The highest BCUT2D eigenvalue weighted by Gasteiger charge is 2.05. The van der Waals surface area contributed by atoms with Gasteiger partial charge in [0.1, 0.15) is 0 Å². The van der Waals surface area contributed by atoms with Crippen LogP contribution in [0.4, 0.5) is 11.4 Å². The van der Waals surface area contributed by atoms with Crippen LogP contribution in [0.3, 0.4) is 0 Å². The van der Waals surface area contributed by atoms with E-state index in [1.165, 1.54) is 88.2 Å². The normalized spacial score (nSPS) is 11.3. The molecule has 2 heteroatoms. The van der Waals surface area contributed by atoms with Gasteiger partial charge < -0.3 is 0 Å². The maximum absolute atomic E-state index is 5.16. The van der Waals surface area contributed by atoms with Crippen molar-refractivity contribution in [2.45, 2.75) is 168 Å². The Bertz CT molecular complexity index is 1230. The predicted molar refractivity (Wildman–Crippen MR) is 205 cm³/mol. The molecule has 2 rings (SSSR count). The van der Waals surface area contributed by atoms with E-state index in [2.05, 4.69) is 93.0 Å². The van der Waals surface area contributed by atoms with Crippen molar-refractivity contribution in [3.05, 3.63) is 59.7 Å². The molecular weight excluding hydrogens is 556 g/mol. The lowest BCUT2D eigenvalue weighted by atomic mass is 10.1. The van der Waals surface area contributed by atoms with Gasteiger partial charge in [-0.3, -0.25) is 9.98 Å². The molecule has 46 heavy (non-hydrogen) atoms. The maximum atomic E-state index is 5.16. The Morgan fingerprint density at radius 2 is 0.935 bits per heavy atom. The van der Waals surface area contributed by atoms with E-state index in [0.29, 0.717) is 0 Å². The second-order valence-electron chi connectivity index (χ2n) is 12.7. The van der Waals surface area contributed by atoms with Crippen molar-refractivity contribution in [2.75, 3.05) is 0 Å². The number of nitrogens with zero attached hydrogens (tertiary/aromatic N) is 2. The standard InChI is InChI=1S/C44H64N2/c1-4-7-10-12-14-16-18-20-22-24-26-32-40-34-28-30-37-43(40)45-39-42(36-9-6-3)46-44-38-31-29-35-41(44)33-27-25-23-21-19-17-15-13-11-8-5-2/h28-31,34-35,37-39H,4-19,24-27,32-33,36H2,1-3H3. The Morgan fingerprint density at radius 1 is 0.500 bits per heavy atom. The SMILES string of the molecule is CCCCCCCCC#CCCCc1ccccc1N=CC(CCCC)=Nc1ccccc1CCCC#CCCCCCCCC. The van der Waals surface area contributed by atoms with E-state index in [4.69, 9.17) is 9.98 Å². The van der Waals surface area contributed by atoms with Crippen LogP contribution < -0.4 is 0 Å². The van der Waals surface area contributed by atoms with E-state index in [1.807, 2.05) is 6.21 Å². The van der Waals surface area contributed by atoms with Crippen LogP contribution in [-0.2, 0) is 12.8 Å². The summed E-state index contributed by atoms with van der Waals surface area (Å²) in [7, 11) is 0. The van der Waals surface area contributed by atoms with Gasteiger partial charge in [0.05, 0.1) is 17.1 Å². The molecule has 0 aliphatic heterocycles. The number of benzene rings is 2. The molecule has 0 fully saturated rings. The average Bonchev–Trinajstić information content (AvgIpc) is 3.08. The van der Waals surface area contributed by atoms with E-state index in [-0.39, 0.29) is 0 Å². The van der Waals surface area contributed by atoms with Gasteiger partial charge in [0.25, 0.3) is 0 Å². The second kappa shape index (κ2) is 28.1. The average molecular weight is 621 g/mol. The van der Waals surface area contributed by atoms with E-state index < -0.39 is 0 Å². The third kappa shape index (κ3) is 19.4. The van der Waals surface area contributed by atoms with E-state index in [0.717, 1.165) is 87.7 Å². The molecule has 250 valence electrons. The first kappa shape index (κ1) is 39.1. The summed E-state index contributed by atoms with van der Waals surface area (Å²) in [5, 5.41) is 0. The molecule has 0 saturated carbocycles. The van der Waals surface area contributed by atoms with Crippen LogP contribution in [0.1, 0.15) is 167 Å². The van der Waals surface area contributed by atoms with Gasteiger partial charge in [-0.15, -0.1) is 23.7 Å². The minimum Gasteiger partial charge on any atom is -0.255 e. The van der Waals surface area contributed by atoms with Gasteiger partial charge in [-0.1, -0.05) is 128 Å². The topological polar surface area (TPSA) is 24.7 Å². The lowest BCUT2D eigenvalue weighted by molar-refractivity contribution is 0.614. The van der Waals surface area contributed by atoms with Crippen molar-refractivity contribution in [3.8, 4) is 23.7 Å². The highest BCUT2D eigenvalue weighted by Crippen LogP contribution is 2.23. The summed E-state index contributed by atoms with van der Waals surface area (Å²) in [6.45, 7) is 6.78. The maximum Gasteiger partial charge on any atom is 0.0665 e. The largest absolute Gasteiger partial charge is 0.255 e. The fraction of sp³-hybridized carbons (Fsp3) is 0.591. The summed E-state index contributed by atoms with van der Waals surface area (Å²) in [4.78, 5) is 10.1.